The van der Waals surface area contributed by atoms with Crippen LogP contribution in [0.3, 0.4) is 0 Å². The summed E-state index contributed by atoms with van der Waals surface area (Å²) in [5.41, 5.74) is 6.65. The standard InChI is InChI=1S/C21H21F2N5O2/c1-13(29)18(25-7-14-4-2-3-5-15(14)22)6-17(24)19-26-8-16(23)20(27-19)28-9-21(10-28)11-30-12-21/h2-6,8H,7,9-12,24H2,1H3. The van der Waals surface area contributed by atoms with Crippen molar-refractivity contribution in [1.82, 2.24) is 9.97 Å². The molecule has 1 aromatic carbocycles. The van der Waals surface area contributed by atoms with Gasteiger partial charge in [0.15, 0.2) is 23.2 Å². The lowest BCUT2D eigenvalue weighted by molar-refractivity contribution is -0.127. The predicted octanol–water partition coefficient (Wildman–Crippen LogP) is 2.12. The van der Waals surface area contributed by atoms with Crippen LogP contribution >= 0.6 is 0 Å². The Hall–Kier alpha value is -3.20. The molecule has 1 spiro atoms. The number of halogens is 2. The summed E-state index contributed by atoms with van der Waals surface area (Å²) in [5, 5.41) is 0. The Morgan fingerprint density at radius 3 is 2.67 bits per heavy atom. The molecule has 0 bridgehead atoms. The molecule has 2 N–H and O–H groups in total. The lowest BCUT2D eigenvalue weighted by Gasteiger charge is -2.55. The predicted molar refractivity (Wildman–Crippen MR) is 108 cm³/mol. The number of rotatable bonds is 6. The normalized spacial score (nSPS) is 18.2. The fourth-order valence-corrected chi connectivity index (χ4v) is 3.47. The summed E-state index contributed by atoms with van der Waals surface area (Å²) in [7, 11) is 0. The first-order chi connectivity index (χ1) is 14.4. The summed E-state index contributed by atoms with van der Waals surface area (Å²) < 4.78 is 33.3. The van der Waals surface area contributed by atoms with Crippen LogP contribution in [0.25, 0.3) is 5.70 Å². The quantitative estimate of drug-likeness (QED) is 0.730. The van der Waals surface area contributed by atoms with Gasteiger partial charge < -0.3 is 15.4 Å². The molecule has 0 saturated carbocycles. The van der Waals surface area contributed by atoms with Crippen LogP contribution in [0.2, 0.25) is 0 Å². The van der Waals surface area contributed by atoms with Crippen molar-refractivity contribution >= 4 is 23.0 Å². The van der Waals surface area contributed by atoms with E-state index in [0.717, 1.165) is 6.20 Å². The van der Waals surface area contributed by atoms with E-state index in [1.165, 1.54) is 19.1 Å². The number of benzene rings is 1. The van der Waals surface area contributed by atoms with Gasteiger partial charge in [0, 0.05) is 25.6 Å². The first-order valence-electron chi connectivity index (χ1n) is 9.48. The van der Waals surface area contributed by atoms with E-state index in [4.69, 9.17) is 10.5 Å². The Morgan fingerprint density at radius 2 is 2.03 bits per heavy atom. The molecule has 0 aliphatic carbocycles. The highest BCUT2D eigenvalue weighted by atomic mass is 19.1. The molecule has 2 aromatic rings. The number of ketones is 1. The Morgan fingerprint density at radius 1 is 1.30 bits per heavy atom. The molecule has 1 aromatic heterocycles. The fourth-order valence-electron chi connectivity index (χ4n) is 3.47. The number of allylic oxidation sites excluding steroid dienone is 1. The zero-order valence-corrected chi connectivity index (χ0v) is 16.4. The zero-order chi connectivity index (χ0) is 21.3. The summed E-state index contributed by atoms with van der Waals surface area (Å²) >= 11 is 0. The molecule has 30 heavy (non-hydrogen) atoms. The molecule has 0 unspecified atom stereocenters. The van der Waals surface area contributed by atoms with Crippen molar-refractivity contribution in [1.29, 1.82) is 0 Å². The van der Waals surface area contributed by atoms with E-state index < -0.39 is 11.6 Å². The van der Waals surface area contributed by atoms with Crippen LogP contribution in [0.5, 0.6) is 0 Å². The molecule has 9 heteroatoms. The number of nitrogens with zero attached hydrogens (tertiary/aromatic N) is 4. The van der Waals surface area contributed by atoms with Gasteiger partial charge in [-0.15, -0.1) is 0 Å². The Balaban J connectivity index is 1.55. The molecule has 2 aliphatic rings. The molecule has 3 heterocycles. The minimum atomic E-state index is -0.540. The lowest BCUT2D eigenvalue weighted by Crippen LogP contribution is -2.66. The summed E-state index contributed by atoms with van der Waals surface area (Å²) in [6.45, 7) is 3.98. The number of nitrogens with two attached hydrogens (primary N) is 1. The molecular formula is C21H21F2N5O2. The van der Waals surface area contributed by atoms with Gasteiger partial charge in [-0.05, 0) is 12.1 Å². The minimum Gasteiger partial charge on any atom is -0.396 e. The van der Waals surface area contributed by atoms with E-state index >= 15 is 0 Å². The van der Waals surface area contributed by atoms with Crippen LogP contribution in [0.15, 0.2) is 41.5 Å². The van der Waals surface area contributed by atoms with Gasteiger partial charge in [0.2, 0.25) is 0 Å². The monoisotopic (exact) mass is 413 g/mol. The van der Waals surface area contributed by atoms with E-state index in [9.17, 15) is 13.6 Å². The van der Waals surface area contributed by atoms with Crippen LogP contribution in [-0.2, 0) is 16.1 Å². The van der Waals surface area contributed by atoms with Crippen LogP contribution in [0, 0.1) is 17.0 Å². The first kappa shape index (κ1) is 20.1. The van der Waals surface area contributed by atoms with E-state index in [0.29, 0.717) is 31.9 Å². The van der Waals surface area contributed by atoms with Gasteiger partial charge in [-0.25, -0.2) is 18.7 Å². The van der Waals surface area contributed by atoms with Gasteiger partial charge in [0.1, 0.15) is 11.5 Å². The summed E-state index contributed by atoms with van der Waals surface area (Å²) in [6.07, 6.45) is 2.39. The van der Waals surface area contributed by atoms with Crippen LogP contribution in [0.4, 0.5) is 14.6 Å². The smallest absolute Gasteiger partial charge is 0.183 e. The second-order valence-electron chi connectivity index (χ2n) is 7.66. The molecular weight excluding hydrogens is 392 g/mol. The van der Waals surface area contributed by atoms with Crippen molar-refractivity contribution in [3.8, 4) is 0 Å². The van der Waals surface area contributed by atoms with Crippen molar-refractivity contribution in [3.05, 3.63) is 59.6 Å². The Labute approximate surface area is 172 Å². The van der Waals surface area contributed by atoms with Crippen molar-refractivity contribution in [2.75, 3.05) is 31.2 Å². The highest BCUT2D eigenvalue weighted by molar-refractivity contribution is 6.44. The number of ether oxygens (including phenoxy) is 1. The second kappa shape index (κ2) is 7.91. The minimum absolute atomic E-state index is 0.0151. The van der Waals surface area contributed by atoms with Gasteiger partial charge in [-0.1, -0.05) is 18.2 Å². The number of aliphatic imine (C=N–C) groups is 1. The highest BCUT2D eigenvalue weighted by Gasteiger charge is 2.50. The second-order valence-corrected chi connectivity index (χ2v) is 7.66. The number of carbonyl (C=O) groups excluding carboxylic acids is 1. The number of aromatic nitrogens is 2. The third-order valence-corrected chi connectivity index (χ3v) is 5.18. The molecule has 2 fully saturated rings. The van der Waals surface area contributed by atoms with Crippen molar-refractivity contribution < 1.29 is 18.3 Å². The molecule has 2 aliphatic heterocycles. The average Bonchev–Trinajstić information content (AvgIpc) is 2.65. The largest absolute Gasteiger partial charge is 0.396 e. The van der Waals surface area contributed by atoms with E-state index in [1.807, 2.05) is 4.90 Å². The van der Waals surface area contributed by atoms with Crippen LogP contribution in [-0.4, -0.2) is 47.8 Å². The molecule has 0 radical (unpaired) electrons. The summed E-state index contributed by atoms with van der Waals surface area (Å²) in [4.78, 5) is 26.1. The SMILES string of the molecule is CC(=O)C(C=C(N)c1ncc(F)c(N2CC3(COC3)C2)n1)=NCc1ccccc1F. The number of hydrogen-bond donors (Lipinski definition) is 1. The third kappa shape index (κ3) is 3.93. The lowest BCUT2D eigenvalue weighted by atomic mass is 9.78. The van der Waals surface area contributed by atoms with Crippen molar-refractivity contribution in [2.24, 2.45) is 16.1 Å². The maximum atomic E-state index is 14.2. The Bertz CT molecular complexity index is 1040. The third-order valence-electron chi connectivity index (χ3n) is 5.18. The average molecular weight is 413 g/mol. The van der Waals surface area contributed by atoms with Gasteiger partial charge in [-0.3, -0.25) is 9.79 Å². The number of anilines is 1. The Kier molecular flexibility index (Phi) is 5.29. The van der Waals surface area contributed by atoms with Crippen LogP contribution in [0.1, 0.15) is 18.3 Å². The van der Waals surface area contributed by atoms with Gasteiger partial charge >= 0.3 is 0 Å². The molecule has 156 valence electrons. The molecule has 2 saturated heterocycles. The topological polar surface area (TPSA) is 93.7 Å². The van der Waals surface area contributed by atoms with Crippen molar-refractivity contribution in [2.45, 2.75) is 13.5 Å². The highest BCUT2D eigenvalue weighted by Crippen LogP contribution is 2.40. The van der Waals surface area contributed by atoms with Gasteiger partial charge in [0.25, 0.3) is 0 Å². The van der Waals surface area contributed by atoms with E-state index in [2.05, 4.69) is 15.0 Å². The van der Waals surface area contributed by atoms with Crippen molar-refractivity contribution in [3.63, 3.8) is 0 Å². The fraction of sp³-hybridized carbons (Fsp3) is 0.333. The number of carbonyl (C=O) groups is 1. The maximum absolute atomic E-state index is 14.2. The summed E-state index contributed by atoms with van der Waals surface area (Å²) in [6, 6.07) is 6.18. The first-order valence-corrected chi connectivity index (χ1v) is 9.48. The van der Waals surface area contributed by atoms with Gasteiger partial charge in [0.05, 0.1) is 37.1 Å². The molecule has 0 amide bonds. The van der Waals surface area contributed by atoms with Crippen LogP contribution < -0.4 is 10.6 Å². The number of Topliss-reactive ketones (excluding diaryl/α,β-unsaturated/α-hetero) is 1. The van der Waals surface area contributed by atoms with E-state index in [-0.39, 0.29) is 40.8 Å². The van der Waals surface area contributed by atoms with E-state index in [1.54, 1.807) is 18.2 Å². The summed E-state index contributed by atoms with van der Waals surface area (Å²) in [5.74, 6) is -1.02. The maximum Gasteiger partial charge on any atom is 0.183 e. The van der Waals surface area contributed by atoms with Gasteiger partial charge in [-0.2, -0.15) is 0 Å². The zero-order valence-electron chi connectivity index (χ0n) is 16.4. The number of hydrogen-bond acceptors (Lipinski definition) is 7. The molecule has 7 nitrogen and oxygen atoms in total. The molecule has 0 atom stereocenters. The molecule has 4 rings (SSSR count).